The van der Waals surface area contributed by atoms with Gasteiger partial charge in [0, 0.05) is 25.2 Å². The Labute approximate surface area is 164 Å². The Kier molecular flexibility index (Phi) is 6.71. The van der Waals surface area contributed by atoms with E-state index in [9.17, 15) is 10.2 Å². The highest BCUT2D eigenvalue weighted by Crippen LogP contribution is 2.23. The fourth-order valence-corrected chi connectivity index (χ4v) is 3.20. The first-order valence-corrected chi connectivity index (χ1v) is 9.27. The second kappa shape index (κ2) is 9.22. The zero-order valence-corrected chi connectivity index (χ0v) is 16.0. The predicted molar refractivity (Wildman–Crippen MR) is 109 cm³/mol. The van der Waals surface area contributed by atoms with Gasteiger partial charge in [0.1, 0.15) is 12.0 Å². The Balaban J connectivity index is 1.78. The van der Waals surface area contributed by atoms with Gasteiger partial charge in [-0.15, -0.1) is 0 Å². The van der Waals surface area contributed by atoms with Crippen molar-refractivity contribution in [2.45, 2.75) is 24.9 Å². The van der Waals surface area contributed by atoms with Crippen LogP contribution in [0.1, 0.15) is 23.9 Å². The fourth-order valence-electron chi connectivity index (χ4n) is 3.20. The molecular formula is C20H27N5O3. The zero-order valence-electron chi connectivity index (χ0n) is 16.0. The summed E-state index contributed by atoms with van der Waals surface area (Å²) < 4.78 is 5.52. The average molecular weight is 385 g/mol. The van der Waals surface area contributed by atoms with Crippen LogP contribution in [0.25, 0.3) is 17.5 Å². The maximum atomic E-state index is 10.5. The molecule has 8 nitrogen and oxygen atoms in total. The number of nitrogens with one attached hydrogen (secondary N) is 1. The number of aliphatic hydroxyl groups is 2. The van der Waals surface area contributed by atoms with Gasteiger partial charge in [-0.3, -0.25) is 9.89 Å². The maximum absolute atomic E-state index is 10.5. The quantitative estimate of drug-likeness (QED) is 0.500. The second-order valence-corrected chi connectivity index (χ2v) is 6.81. The van der Waals surface area contributed by atoms with Crippen molar-refractivity contribution in [1.29, 1.82) is 0 Å². The fraction of sp³-hybridized carbons (Fsp3) is 0.400. The van der Waals surface area contributed by atoms with Crippen LogP contribution in [0, 0.1) is 0 Å². The smallest absolute Gasteiger partial charge is 0.226 e. The van der Waals surface area contributed by atoms with Gasteiger partial charge in [0.15, 0.2) is 6.23 Å². The van der Waals surface area contributed by atoms with E-state index in [1.165, 1.54) is 6.26 Å². The molecule has 0 saturated carbocycles. The Hall–Kier alpha value is -2.36. The van der Waals surface area contributed by atoms with Gasteiger partial charge in [-0.2, -0.15) is 0 Å². The summed E-state index contributed by atoms with van der Waals surface area (Å²) in [4.78, 5) is 10.7. The van der Waals surface area contributed by atoms with E-state index < -0.39 is 12.4 Å². The van der Waals surface area contributed by atoms with Crippen molar-refractivity contribution in [3.63, 3.8) is 0 Å². The van der Waals surface area contributed by atoms with E-state index in [-0.39, 0.29) is 6.10 Å². The van der Waals surface area contributed by atoms with E-state index >= 15 is 0 Å². The van der Waals surface area contributed by atoms with E-state index in [1.807, 2.05) is 29.2 Å². The molecule has 3 atom stereocenters. The minimum atomic E-state index is -1.19. The normalized spacial score (nSPS) is 20.3. The molecule has 1 aliphatic heterocycles. The van der Waals surface area contributed by atoms with Crippen LogP contribution in [0.4, 0.5) is 0 Å². The first-order valence-electron chi connectivity index (χ1n) is 9.27. The van der Waals surface area contributed by atoms with Crippen LogP contribution < -0.4 is 11.1 Å². The van der Waals surface area contributed by atoms with Crippen molar-refractivity contribution in [1.82, 2.24) is 15.2 Å². The first kappa shape index (κ1) is 20.4. The molecule has 1 saturated heterocycles. The second-order valence-electron chi connectivity index (χ2n) is 6.81. The largest absolute Gasteiger partial charge is 0.444 e. The highest BCUT2D eigenvalue weighted by molar-refractivity contribution is 5.91. The lowest BCUT2D eigenvalue weighted by molar-refractivity contribution is 0.168. The van der Waals surface area contributed by atoms with Crippen molar-refractivity contribution in [2.24, 2.45) is 10.7 Å². The third-order valence-corrected chi connectivity index (χ3v) is 4.73. The molecule has 2 heterocycles. The van der Waals surface area contributed by atoms with Crippen molar-refractivity contribution >= 4 is 11.8 Å². The summed E-state index contributed by atoms with van der Waals surface area (Å²) >= 11 is 0. The minimum Gasteiger partial charge on any atom is -0.444 e. The molecule has 1 aromatic heterocycles. The van der Waals surface area contributed by atoms with Gasteiger partial charge in [0.25, 0.3) is 0 Å². The van der Waals surface area contributed by atoms with Crippen LogP contribution >= 0.6 is 0 Å². The lowest BCUT2D eigenvalue weighted by Crippen LogP contribution is -2.49. The monoisotopic (exact) mass is 385 g/mol. The molecule has 1 fully saturated rings. The van der Waals surface area contributed by atoms with E-state index in [4.69, 9.17) is 10.2 Å². The van der Waals surface area contributed by atoms with E-state index in [2.05, 4.69) is 21.9 Å². The maximum Gasteiger partial charge on any atom is 0.226 e. The van der Waals surface area contributed by atoms with Crippen LogP contribution in [0.2, 0.25) is 0 Å². The van der Waals surface area contributed by atoms with Gasteiger partial charge in [-0.05, 0) is 31.2 Å². The Morgan fingerprint density at radius 3 is 3.07 bits per heavy atom. The number of hydrogen-bond acceptors (Lipinski definition) is 8. The Morgan fingerprint density at radius 2 is 2.39 bits per heavy atom. The average Bonchev–Trinajstić information content (AvgIpc) is 3.36. The molecule has 28 heavy (non-hydrogen) atoms. The van der Waals surface area contributed by atoms with Crippen molar-refractivity contribution in [3.05, 3.63) is 48.4 Å². The Bertz CT molecular complexity index is 835. The predicted octanol–water partition coefficient (Wildman–Crippen LogP) is 0.987. The molecule has 3 unspecified atom stereocenters. The van der Waals surface area contributed by atoms with Crippen molar-refractivity contribution in [3.8, 4) is 11.5 Å². The SMILES string of the molecule is C=Cc1cccc(-c2nc(C(O)N=C(CNC)C(N)N3CCC(O)C3)co2)c1. The number of aliphatic hydroxyl groups excluding tert-OH is 2. The summed E-state index contributed by atoms with van der Waals surface area (Å²) in [5, 5.41) is 23.3. The van der Waals surface area contributed by atoms with Crippen LogP contribution in [0.3, 0.4) is 0 Å². The summed E-state index contributed by atoms with van der Waals surface area (Å²) in [6.45, 7) is 5.35. The molecule has 150 valence electrons. The number of rotatable bonds is 8. The first-order chi connectivity index (χ1) is 13.5. The number of benzene rings is 1. The molecule has 0 radical (unpaired) electrons. The van der Waals surface area contributed by atoms with Gasteiger partial charge in [-0.25, -0.2) is 4.98 Å². The molecule has 3 rings (SSSR count). The summed E-state index contributed by atoms with van der Waals surface area (Å²) in [6.07, 6.45) is 1.76. The highest BCUT2D eigenvalue weighted by atomic mass is 16.3. The van der Waals surface area contributed by atoms with Crippen LogP contribution in [-0.2, 0) is 0 Å². The molecule has 0 amide bonds. The highest BCUT2D eigenvalue weighted by Gasteiger charge is 2.28. The molecular weight excluding hydrogens is 358 g/mol. The van der Waals surface area contributed by atoms with Gasteiger partial charge in [0.2, 0.25) is 5.89 Å². The molecule has 0 bridgehead atoms. The number of hydrogen-bond donors (Lipinski definition) is 4. The number of aromatic nitrogens is 1. The standard InChI is InChI=1S/C20H27N5O3/c1-3-13-5-4-6-14(9-13)20-24-17(12-28-20)19(27)23-16(10-22-2)18(21)25-8-7-15(26)11-25/h3-6,9,12,15,18-19,22,26-27H,1,7-8,10-11,21H2,2H3. The lowest BCUT2D eigenvalue weighted by atomic mass is 10.1. The number of likely N-dealkylation sites (tertiary alicyclic amines) is 1. The lowest BCUT2D eigenvalue weighted by Gasteiger charge is -2.25. The number of β-amino-alcohol motifs (C(OH)–C–C–N with tert-alkyl or cyclic N) is 1. The van der Waals surface area contributed by atoms with Gasteiger partial charge < -0.3 is 25.7 Å². The van der Waals surface area contributed by atoms with Crippen molar-refractivity contribution in [2.75, 3.05) is 26.7 Å². The third kappa shape index (κ3) is 4.73. The van der Waals surface area contributed by atoms with Crippen LogP contribution in [0.5, 0.6) is 0 Å². The number of oxazole rings is 1. The zero-order chi connectivity index (χ0) is 20.1. The van der Waals surface area contributed by atoms with Crippen LogP contribution in [0.15, 0.2) is 46.5 Å². The summed E-state index contributed by atoms with van der Waals surface area (Å²) in [7, 11) is 1.79. The molecule has 1 aromatic carbocycles. The molecule has 1 aliphatic rings. The molecule has 2 aromatic rings. The molecule has 5 N–H and O–H groups in total. The number of nitrogens with zero attached hydrogens (tertiary/aromatic N) is 3. The Morgan fingerprint density at radius 1 is 1.57 bits per heavy atom. The van der Waals surface area contributed by atoms with Crippen LogP contribution in [-0.4, -0.2) is 64.8 Å². The summed E-state index contributed by atoms with van der Waals surface area (Å²) in [6, 6.07) is 7.60. The molecule has 0 spiro atoms. The van der Waals surface area contributed by atoms with E-state index in [0.29, 0.717) is 43.4 Å². The molecule has 8 heteroatoms. The third-order valence-electron chi connectivity index (χ3n) is 4.73. The summed E-state index contributed by atoms with van der Waals surface area (Å²) in [5.41, 5.74) is 8.94. The van der Waals surface area contributed by atoms with E-state index in [1.54, 1.807) is 13.1 Å². The van der Waals surface area contributed by atoms with Gasteiger partial charge in [0.05, 0.1) is 18.0 Å². The number of nitrogens with two attached hydrogens (primary N) is 1. The topological polar surface area (TPSA) is 120 Å². The van der Waals surface area contributed by atoms with Gasteiger partial charge >= 0.3 is 0 Å². The molecule has 0 aliphatic carbocycles. The summed E-state index contributed by atoms with van der Waals surface area (Å²) in [5.74, 6) is 0.398. The van der Waals surface area contributed by atoms with E-state index in [0.717, 1.165) is 11.1 Å². The van der Waals surface area contributed by atoms with Crippen molar-refractivity contribution < 1.29 is 14.6 Å². The van der Waals surface area contributed by atoms with Gasteiger partial charge in [-0.1, -0.05) is 24.8 Å². The minimum absolute atomic E-state index is 0.307. The number of aliphatic imine (C=N–C) groups is 1.